The van der Waals surface area contributed by atoms with E-state index in [0.717, 1.165) is 5.39 Å². The highest BCUT2D eigenvalue weighted by atomic mass is 35.5. The second kappa shape index (κ2) is 5.86. The van der Waals surface area contributed by atoms with Crippen molar-refractivity contribution < 1.29 is 9.50 Å². The maximum atomic E-state index is 13.4. The highest BCUT2D eigenvalue weighted by Gasteiger charge is 2.12. The zero-order valence-electron chi connectivity index (χ0n) is 11.7. The molecule has 6 nitrogen and oxygen atoms in total. The largest absolute Gasteiger partial charge is 0.387 e. The third-order valence-corrected chi connectivity index (χ3v) is 3.63. The Bertz CT molecular complexity index is 822. The molecule has 0 amide bonds. The summed E-state index contributed by atoms with van der Waals surface area (Å²) in [6.45, 7) is 0.169. The highest BCUT2D eigenvalue weighted by Crippen LogP contribution is 2.22. The van der Waals surface area contributed by atoms with Crippen molar-refractivity contribution in [1.29, 1.82) is 0 Å². The van der Waals surface area contributed by atoms with Gasteiger partial charge in [0.2, 0.25) is 0 Å². The maximum absolute atomic E-state index is 13.4. The Kier molecular flexibility index (Phi) is 3.91. The van der Waals surface area contributed by atoms with Crippen molar-refractivity contribution in [2.24, 2.45) is 7.05 Å². The first-order valence-corrected chi connectivity index (χ1v) is 6.93. The Morgan fingerprint density at radius 1 is 1.41 bits per heavy atom. The minimum Gasteiger partial charge on any atom is -0.387 e. The standard InChI is InChI=1S/C14H13ClFN5O/c1-21-14-9(5-20-21)13(18-7-19-14)17-6-12(22)8-2-3-10(15)11(16)4-8/h2-5,7,12,22H,6H2,1H3,(H,17,18,19). The summed E-state index contributed by atoms with van der Waals surface area (Å²) in [6, 6.07) is 4.21. The van der Waals surface area contributed by atoms with E-state index in [0.29, 0.717) is 17.0 Å². The van der Waals surface area contributed by atoms with Gasteiger partial charge in [-0.2, -0.15) is 5.10 Å². The summed E-state index contributed by atoms with van der Waals surface area (Å²) >= 11 is 5.63. The second-order valence-corrected chi connectivity index (χ2v) is 5.21. The van der Waals surface area contributed by atoms with Crippen molar-refractivity contribution in [1.82, 2.24) is 19.7 Å². The Hall–Kier alpha value is -2.25. The molecule has 0 aliphatic heterocycles. The van der Waals surface area contributed by atoms with E-state index in [1.165, 1.54) is 18.5 Å². The van der Waals surface area contributed by atoms with Crippen LogP contribution < -0.4 is 5.32 Å². The first-order chi connectivity index (χ1) is 10.6. The molecule has 0 aliphatic carbocycles. The minimum absolute atomic E-state index is 0.0248. The van der Waals surface area contributed by atoms with Crippen LogP contribution in [0.2, 0.25) is 5.02 Å². The van der Waals surface area contributed by atoms with Crippen LogP contribution in [0.1, 0.15) is 11.7 Å². The number of aryl methyl sites for hydroxylation is 1. The van der Waals surface area contributed by atoms with Crippen LogP contribution in [0.25, 0.3) is 11.0 Å². The number of nitrogens with one attached hydrogen (secondary N) is 1. The minimum atomic E-state index is -0.895. The summed E-state index contributed by atoms with van der Waals surface area (Å²) in [5.41, 5.74) is 1.12. The number of anilines is 1. The lowest BCUT2D eigenvalue weighted by atomic mass is 10.1. The normalized spacial score (nSPS) is 12.5. The molecule has 0 spiro atoms. The van der Waals surface area contributed by atoms with Crippen LogP contribution in [-0.4, -0.2) is 31.4 Å². The quantitative estimate of drug-likeness (QED) is 0.771. The van der Waals surface area contributed by atoms with Crippen LogP contribution >= 0.6 is 11.6 Å². The molecule has 0 fully saturated rings. The molecule has 22 heavy (non-hydrogen) atoms. The molecule has 0 bridgehead atoms. The number of benzene rings is 1. The van der Waals surface area contributed by atoms with Gasteiger partial charge in [-0.05, 0) is 17.7 Å². The van der Waals surface area contributed by atoms with Gasteiger partial charge in [0.1, 0.15) is 18.0 Å². The third-order valence-electron chi connectivity index (χ3n) is 3.32. The molecule has 8 heteroatoms. The Balaban J connectivity index is 1.77. The van der Waals surface area contributed by atoms with Gasteiger partial charge in [0.25, 0.3) is 0 Å². The topological polar surface area (TPSA) is 75.9 Å². The molecular weight excluding hydrogens is 309 g/mol. The van der Waals surface area contributed by atoms with Crippen molar-refractivity contribution in [3.05, 3.63) is 47.1 Å². The molecule has 0 saturated heterocycles. The molecule has 2 aromatic heterocycles. The fourth-order valence-corrected chi connectivity index (χ4v) is 2.25. The van der Waals surface area contributed by atoms with Crippen LogP contribution in [0.5, 0.6) is 0 Å². The van der Waals surface area contributed by atoms with E-state index in [-0.39, 0.29) is 11.6 Å². The summed E-state index contributed by atoms with van der Waals surface area (Å²) in [7, 11) is 1.78. The van der Waals surface area contributed by atoms with E-state index < -0.39 is 11.9 Å². The number of aliphatic hydroxyl groups excluding tert-OH is 1. The molecule has 3 rings (SSSR count). The molecule has 1 aromatic carbocycles. The van der Waals surface area contributed by atoms with Gasteiger partial charge in [-0.25, -0.2) is 14.4 Å². The number of hydrogen-bond donors (Lipinski definition) is 2. The molecule has 2 N–H and O–H groups in total. The summed E-state index contributed by atoms with van der Waals surface area (Å²) < 4.78 is 15.1. The lowest BCUT2D eigenvalue weighted by Gasteiger charge is -2.13. The smallest absolute Gasteiger partial charge is 0.163 e. The number of hydrogen-bond acceptors (Lipinski definition) is 5. The van der Waals surface area contributed by atoms with Crippen molar-refractivity contribution in [2.75, 3.05) is 11.9 Å². The van der Waals surface area contributed by atoms with Crippen molar-refractivity contribution in [3.8, 4) is 0 Å². The molecule has 114 valence electrons. The molecule has 0 saturated carbocycles. The predicted molar refractivity (Wildman–Crippen MR) is 81.2 cm³/mol. The van der Waals surface area contributed by atoms with Crippen LogP contribution in [0.4, 0.5) is 10.2 Å². The van der Waals surface area contributed by atoms with Gasteiger partial charge in [0.15, 0.2) is 5.65 Å². The molecule has 2 heterocycles. The van der Waals surface area contributed by atoms with Crippen LogP contribution in [0, 0.1) is 5.82 Å². The van der Waals surface area contributed by atoms with E-state index in [9.17, 15) is 9.50 Å². The highest BCUT2D eigenvalue weighted by molar-refractivity contribution is 6.30. The summed E-state index contributed by atoms with van der Waals surface area (Å²) in [5.74, 6) is 0.00138. The summed E-state index contributed by atoms with van der Waals surface area (Å²) in [5, 5.41) is 18.0. The lowest BCUT2D eigenvalue weighted by molar-refractivity contribution is 0.191. The van der Waals surface area contributed by atoms with Gasteiger partial charge < -0.3 is 10.4 Å². The number of aliphatic hydroxyl groups is 1. The average molecular weight is 322 g/mol. The van der Waals surface area contributed by atoms with Crippen molar-refractivity contribution in [3.63, 3.8) is 0 Å². The van der Waals surface area contributed by atoms with E-state index in [1.54, 1.807) is 24.0 Å². The summed E-state index contributed by atoms with van der Waals surface area (Å²) in [6.07, 6.45) is 2.17. The fourth-order valence-electron chi connectivity index (χ4n) is 2.13. The molecule has 3 aromatic rings. The number of nitrogens with zero attached hydrogens (tertiary/aromatic N) is 4. The van der Waals surface area contributed by atoms with Crippen molar-refractivity contribution in [2.45, 2.75) is 6.10 Å². The fraction of sp³-hybridized carbons (Fsp3) is 0.214. The number of fused-ring (bicyclic) bond motifs is 1. The first kappa shape index (κ1) is 14.7. The Morgan fingerprint density at radius 3 is 3.00 bits per heavy atom. The van der Waals surface area contributed by atoms with Gasteiger partial charge in [0, 0.05) is 13.6 Å². The van der Waals surface area contributed by atoms with Gasteiger partial charge in [-0.3, -0.25) is 4.68 Å². The van der Waals surface area contributed by atoms with Gasteiger partial charge in [-0.15, -0.1) is 0 Å². The molecule has 1 atom stereocenters. The average Bonchev–Trinajstić information content (AvgIpc) is 2.90. The van der Waals surface area contributed by atoms with E-state index in [2.05, 4.69) is 20.4 Å². The lowest BCUT2D eigenvalue weighted by Crippen LogP contribution is -2.13. The molecule has 0 radical (unpaired) electrons. The van der Waals surface area contributed by atoms with Gasteiger partial charge in [-0.1, -0.05) is 17.7 Å². The van der Waals surface area contributed by atoms with Crippen molar-refractivity contribution >= 4 is 28.5 Å². The van der Waals surface area contributed by atoms with Crippen LogP contribution in [0.3, 0.4) is 0 Å². The van der Waals surface area contributed by atoms with Crippen LogP contribution in [-0.2, 0) is 7.05 Å². The van der Waals surface area contributed by atoms with Crippen LogP contribution in [0.15, 0.2) is 30.7 Å². The summed E-state index contributed by atoms with van der Waals surface area (Å²) in [4.78, 5) is 8.27. The number of rotatable bonds is 4. The number of halogens is 2. The third kappa shape index (κ3) is 2.72. The Labute approximate surface area is 130 Å². The SMILES string of the molecule is Cn1ncc2c(NCC(O)c3ccc(Cl)c(F)c3)ncnc21. The number of aromatic nitrogens is 4. The van der Waals surface area contributed by atoms with E-state index in [4.69, 9.17) is 11.6 Å². The van der Waals surface area contributed by atoms with Gasteiger partial charge in [0.05, 0.1) is 22.7 Å². The monoisotopic (exact) mass is 321 g/mol. The molecule has 0 aliphatic rings. The van der Waals surface area contributed by atoms with Gasteiger partial charge >= 0.3 is 0 Å². The Morgan fingerprint density at radius 2 is 2.23 bits per heavy atom. The maximum Gasteiger partial charge on any atom is 0.163 e. The molecular formula is C14H13ClFN5O. The molecule has 1 unspecified atom stereocenters. The first-order valence-electron chi connectivity index (χ1n) is 6.56. The van der Waals surface area contributed by atoms with E-state index in [1.807, 2.05) is 0 Å². The zero-order valence-corrected chi connectivity index (χ0v) is 12.4. The predicted octanol–water partition coefficient (Wildman–Crippen LogP) is 2.30. The second-order valence-electron chi connectivity index (χ2n) is 4.80. The van der Waals surface area contributed by atoms with E-state index >= 15 is 0 Å². The zero-order chi connectivity index (χ0) is 15.7.